The first-order valence-electron chi connectivity index (χ1n) is 19.3. The van der Waals surface area contributed by atoms with Crippen LogP contribution in [0.2, 0.25) is 0 Å². The first-order chi connectivity index (χ1) is 23.3. The molecule has 1 saturated heterocycles. The highest BCUT2D eigenvalue weighted by atomic mass is 16.5. The number of allylic oxidation sites excluding steroid dienone is 1. The van der Waals surface area contributed by atoms with Crippen LogP contribution in [0.4, 0.5) is 0 Å². The highest BCUT2D eigenvalue weighted by Crippen LogP contribution is 2.75. The average Bonchev–Trinajstić information content (AvgIpc) is 3.54. The van der Waals surface area contributed by atoms with Crippen LogP contribution >= 0.6 is 0 Å². The van der Waals surface area contributed by atoms with Crippen molar-refractivity contribution in [2.24, 2.45) is 68.3 Å². The number of nitrogens with one attached hydrogen (secondary N) is 1. The molecule has 0 unspecified atom stereocenters. The van der Waals surface area contributed by atoms with Gasteiger partial charge in [0.05, 0.1) is 37.9 Å². The average molecular weight is 696 g/mol. The van der Waals surface area contributed by atoms with Crippen LogP contribution in [0, 0.1) is 62.6 Å². The third kappa shape index (κ3) is 5.03. The van der Waals surface area contributed by atoms with Gasteiger partial charge in [-0.25, -0.2) is 9.67 Å². The highest BCUT2D eigenvalue weighted by molar-refractivity contribution is 5.89. The molecule has 10 nitrogen and oxygen atoms in total. The van der Waals surface area contributed by atoms with Gasteiger partial charge in [0.1, 0.15) is 6.33 Å². The minimum Gasteiger partial charge on any atom is -0.481 e. The molecular formula is C40H65N5O5. The molecule has 6 rings (SSSR count). The maximum absolute atomic E-state index is 13.5. The van der Waals surface area contributed by atoms with Gasteiger partial charge in [-0.05, 0) is 98.3 Å². The third-order valence-corrected chi connectivity index (χ3v) is 16.6. The van der Waals surface area contributed by atoms with Gasteiger partial charge in [0, 0.05) is 16.4 Å². The summed E-state index contributed by atoms with van der Waals surface area (Å²) in [6.07, 6.45) is 8.97. The Morgan fingerprint density at radius 3 is 2.42 bits per heavy atom. The van der Waals surface area contributed by atoms with E-state index in [-0.39, 0.29) is 57.0 Å². The lowest BCUT2D eigenvalue weighted by Gasteiger charge is -2.71. The second-order valence-electron chi connectivity index (χ2n) is 19.1. The van der Waals surface area contributed by atoms with Crippen molar-refractivity contribution in [3.8, 4) is 0 Å². The Balaban J connectivity index is 1.47. The van der Waals surface area contributed by atoms with Gasteiger partial charge in [0.25, 0.3) is 5.91 Å². The van der Waals surface area contributed by atoms with Gasteiger partial charge < -0.3 is 25.6 Å². The monoisotopic (exact) mass is 695 g/mol. The molecule has 0 aromatic carbocycles. The summed E-state index contributed by atoms with van der Waals surface area (Å²) in [6, 6.07) is -0.285. The number of carboxylic acid groups (broad SMARTS) is 1. The molecule has 1 aromatic rings. The second-order valence-corrected chi connectivity index (χ2v) is 19.1. The topological polar surface area (TPSA) is 142 Å². The van der Waals surface area contributed by atoms with E-state index in [0.717, 1.165) is 32.1 Å². The fraction of sp³-hybridized carbons (Fsp3) is 0.850. The number of nitrogens with zero attached hydrogens (tertiary/aromatic N) is 3. The molecule has 2 heterocycles. The molecule has 3 saturated carbocycles. The van der Waals surface area contributed by atoms with Crippen LogP contribution in [0.3, 0.4) is 0 Å². The fourth-order valence-electron chi connectivity index (χ4n) is 12.6. The molecule has 4 aliphatic carbocycles. The summed E-state index contributed by atoms with van der Waals surface area (Å²) in [4.78, 5) is 30.6. The minimum absolute atomic E-state index is 0.154. The number of amides is 1. The predicted octanol–water partition coefficient (Wildman–Crippen LogP) is 6.53. The van der Waals surface area contributed by atoms with E-state index in [4.69, 9.17) is 15.2 Å². The van der Waals surface area contributed by atoms with Crippen LogP contribution in [0.15, 0.2) is 18.0 Å². The van der Waals surface area contributed by atoms with Crippen molar-refractivity contribution in [1.82, 2.24) is 20.1 Å². The van der Waals surface area contributed by atoms with Crippen molar-refractivity contribution >= 4 is 11.9 Å². The Kier molecular flexibility index (Phi) is 9.29. The minimum atomic E-state index is -0.649. The number of hydrogen-bond acceptors (Lipinski definition) is 7. The van der Waals surface area contributed by atoms with Crippen LogP contribution in [0.25, 0.3) is 0 Å². The molecule has 0 spiro atoms. The Morgan fingerprint density at radius 2 is 1.82 bits per heavy atom. The van der Waals surface area contributed by atoms with Crippen molar-refractivity contribution in [3.05, 3.63) is 23.8 Å². The van der Waals surface area contributed by atoms with Crippen molar-refractivity contribution < 1.29 is 24.2 Å². The lowest BCUT2D eigenvalue weighted by Crippen LogP contribution is -2.69. The van der Waals surface area contributed by atoms with Gasteiger partial charge in [-0.15, -0.1) is 0 Å². The third-order valence-electron chi connectivity index (χ3n) is 16.6. The number of nitrogens with two attached hydrogens (primary N) is 1. The van der Waals surface area contributed by atoms with Gasteiger partial charge in [-0.3, -0.25) is 9.59 Å². The molecule has 50 heavy (non-hydrogen) atoms. The molecule has 2 bridgehead atoms. The Labute approximate surface area is 300 Å². The fourth-order valence-corrected chi connectivity index (χ4v) is 12.6. The second kappa shape index (κ2) is 12.4. The Morgan fingerprint density at radius 1 is 1.12 bits per heavy atom. The van der Waals surface area contributed by atoms with Gasteiger partial charge in [0.2, 0.25) is 5.82 Å². The molecular weight excluding hydrogens is 630 g/mol. The molecule has 0 radical (unpaired) electrons. The summed E-state index contributed by atoms with van der Waals surface area (Å²) in [7, 11) is 1.98. The van der Waals surface area contributed by atoms with E-state index in [0.29, 0.717) is 44.0 Å². The predicted molar refractivity (Wildman–Crippen MR) is 193 cm³/mol. The summed E-state index contributed by atoms with van der Waals surface area (Å²) in [6.45, 7) is 24.3. The smallest absolute Gasteiger partial charge is 0.307 e. The van der Waals surface area contributed by atoms with Gasteiger partial charge in [-0.2, -0.15) is 5.10 Å². The quantitative estimate of drug-likeness (QED) is 0.235. The van der Waals surface area contributed by atoms with Crippen molar-refractivity contribution in [2.75, 3.05) is 26.9 Å². The first-order valence-corrected chi connectivity index (χ1v) is 19.3. The summed E-state index contributed by atoms with van der Waals surface area (Å²) in [5.74, 6) is 0.00819. The zero-order valence-corrected chi connectivity index (χ0v) is 32.6. The van der Waals surface area contributed by atoms with E-state index in [1.165, 1.54) is 11.9 Å². The standard InChI is InChI=1S/C40H65N5O5/c1-23(2)25(5)35(6)16-17-37(8)26-12-13-29-36(7)19-49-21-40(29,27(26)14-15-38(37,9)30(35)34(47)48)18-28(45-33(32(41)46)43-22-44-45)31(36)50-20-39(10,42-11)24(3)4/h14,22-26,28-31,42H,12-13,15-21H2,1-11H3,(H2,41,46)(H,47,48)/t25-,26+,28-,29+,30-,31+,35-,36-,37-,38+,39+,40+/m1/s1. The lowest BCUT2D eigenvalue weighted by molar-refractivity contribution is -0.253. The zero-order valence-electron chi connectivity index (χ0n) is 32.6. The number of aliphatic carboxylic acids is 1. The molecule has 1 amide bonds. The van der Waals surface area contributed by atoms with Gasteiger partial charge in [0.15, 0.2) is 0 Å². The Hall–Kier alpha value is -2.30. The number of primary amides is 1. The van der Waals surface area contributed by atoms with Crippen LogP contribution in [0.5, 0.6) is 0 Å². The van der Waals surface area contributed by atoms with E-state index < -0.39 is 23.2 Å². The number of aromatic nitrogens is 3. The zero-order chi connectivity index (χ0) is 36.8. The maximum atomic E-state index is 13.5. The van der Waals surface area contributed by atoms with Gasteiger partial charge in [-0.1, -0.05) is 74.0 Å². The highest BCUT2D eigenvalue weighted by Gasteiger charge is 2.72. The van der Waals surface area contributed by atoms with Crippen LogP contribution in [-0.2, 0) is 14.3 Å². The number of rotatable bonds is 10. The molecule has 1 aliphatic heterocycles. The number of likely N-dealkylation sites (N-methyl/N-ethyl adjacent to an activating group) is 1. The number of fused-ring (bicyclic) bond motifs is 3. The van der Waals surface area contributed by atoms with Crippen molar-refractivity contribution in [3.63, 3.8) is 0 Å². The largest absolute Gasteiger partial charge is 0.481 e. The molecule has 12 atom stereocenters. The molecule has 5 aliphatic rings. The number of carbonyl (C=O) groups is 2. The summed E-state index contributed by atoms with van der Waals surface area (Å²) in [5, 5.41) is 19.2. The number of carbonyl (C=O) groups excluding carboxylic acids is 1. The van der Waals surface area contributed by atoms with E-state index >= 15 is 0 Å². The normalized spacial score (nSPS) is 42.9. The first kappa shape index (κ1) is 37.5. The summed E-state index contributed by atoms with van der Waals surface area (Å²) < 4.78 is 15.6. The van der Waals surface area contributed by atoms with E-state index in [1.807, 2.05) is 7.05 Å². The lowest BCUT2D eigenvalue weighted by atomic mass is 9.34. The van der Waals surface area contributed by atoms with Crippen molar-refractivity contribution in [2.45, 2.75) is 125 Å². The number of hydrogen-bond donors (Lipinski definition) is 3. The van der Waals surface area contributed by atoms with E-state index in [2.05, 4.69) is 90.7 Å². The van der Waals surface area contributed by atoms with Crippen LogP contribution < -0.4 is 11.1 Å². The Bertz CT molecular complexity index is 1520. The number of ether oxygens (including phenoxy) is 2. The molecule has 10 heteroatoms. The maximum Gasteiger partial charge on any atom is 0.307 e. The van der Waals surface area contributed by atoms with Crippen LogP contribution in [-0.4, -0.2) is 70.3 Å². The molecule has 1 aromatic heterocycles. The molecule has 280 valence electrons. The summed E-state index contributed by atoms with van der Waals surface area (Å²) >= 11 is 0. The number of carboxylic acids is 1. The summed E-state index contributed by atoms with van der Waals surface area (Å²) in [5.41, 5.74) is 5.53. The van der Waals surface area contributed by atoms with E-state index in [1.54, 1.807) is 4.68 Å². The SMILES string of the molecule is CN[C@@](C)(CO[C@H]1[C@H](n2ncnc2C(N)=O)C[C@@]23COC[C@]1(C)[C@@H]2CC[C@H]1C3=CC[C@@]2(C)[C@H](C(=O)O)[C@@](C)([C@H](C)C(C)C)CC[C@]12C)C(C)C. The molecule has 4 N–H and O–H groups in total. The van der Waals surface area contributed by atoms with Gasteiger partial charge >= 0.3 is 5.97 Å². The van der Waals surface area contributed by atoms with E-state index in [9.17, 15) is 14.7 Å². The van der Waals surface area contributed by atoms with Crippen molar-refractivity contribution in [1.29, 1.82) is 0 Å². The van der Waals surface area contributed by atoms with Crippen LogP contribution in [0.1, 0.15) is 124 Å². The molecule has 4 fully saturated rings.